The molecule has 1 unspecified atom stereocenters. The second-order valence-electron chi connectivity index (χ2n) is 8.32. The largest absolute Gasteiger partial charge is 0.338 e. The van der Waals surface area contributed by atoms with Crippen molar-refractivity contribution in [3.8, 4) is 10.4 Å². The maximum Gasteiger partial charge on any atom is 0.262 e. The fourth-order valence-electron chi connectivity index (χ4n) is 4.60. The highest BCUT2D eigenvalue weighted by atomic mass is 35.5. The normalized spacial score (nSPS) is 16.6. The van der Waals surface area contributed by atoms with Crippen LogP contribution in [-0.2, 0) is 11.3 Å². The van der Waals surface area contributed by atoms with E-state index in [-0.39, 0.29) is 24.1 Å². The van der Waals surface area contributed by atoms with Crippen LogP contribution in [0.1, 0.15) is 26.2 Å². The Hall–Kier alpha value is -2.19. The van der Waals surface area contributed by atoms with Crippen LogP contribution in [0.3, 0.4) is 0 Å². The molecule has 3 heterocycles. The van der Waals surface area contributed by atoms with Gasteiger partial charge in [-0.15, -0.1) is 11.3 Å². The van der Waals surface area contributed by atoms with Crippen molar-refractivity contribution in [2.75, 3.05) is 6.54 Å². The van der Waals surface area contributed by atoms with Gasteiger partial charge in [-0.1, -0.05) is 41.4 Å². The third-order valence-corrected chi connectivity index (χ3v) is 8.20. The first-order valence-corrected chi connectivity index (χ1v) is 12.8. The summed E-state index contributed by atoms with van der Waals surface area (Å²) in [4.78, 5) is 29.7. The van der Waals surface area contributed by atoms with Crippen molar-refractivity contribution >= 4 is 69.2 Å². The minimum atomic E-state index is -0.220. The van der Waals surface area contributed by atoms with Gasteiger partial charge in [-0.2, -0.15) is 0 Å². The number of rotatable bonds is 3. The average molecular weight is 518 g/mol. The highest BCUT2D eigenvalue weighted by molar-refractivity contribution is 7.73. The number of hydrogen-bond acceptors (Lipinski definition) is 4. The fraction of sp³-hybridized carbons (Fsp3) is 0.292. The van der Waals surface area contributed by atoms with Crippen LogP contribution in [0.15, 0.2) is 47.3 Å². The molecule has 1 amide bonds. The summed E-state index contributed by atoms with van der Waals surface area (Å²) in [5, 5.41) is 1.50. The summed E-state index contributed by atoms with van der Waals surface area (Å²) < 4.78 is 4.01. The van der Waals surface area contributed by atoms with Crippen LogP contribution in [-0.4, -0.2) is 32.4 Å². The first-order chi connectivity index (χ1) is 15.9. The Bertz CT molecular complexity index is 1520. The van der Waals surface area contributed by atoms with Gasteiger partial charge >= 0.3 is 0 Å². The van der Waals surface area contributed by atoms with Gasteiger partial charge in [0.25, 0.3) is 5.56 Å². The number of carbonyl (C=O) groups is 1. The first-order valence-electron chi connectivity index (χ1n) is 10.8. The fourth-order valence-corrected chi connectivity index (χ4v) is 6.63. The van der Waals surface area contributed by atoms with Gasteiger partial charge in [0.2, 0.25) is 5.91 Å². The Balaban J connectivity index is 1.79. The van der Waals surface area contributed by atoms with Crippen molar-refractivity contribution in [2.45, 2.75) is 38.8 Å². The summed E-state index contributed by atoms with van der Waals surface area (Å²) in [6.45, 7) is 2.72. The summed E-state index contributed by atoms with van der Waals surface area (Å²) in [6, 6.07) is 12.8. The Morgan fingerprint density at radius 1 is 1.18 bits per heavy atom. The lowest BCUT2D eigenvalue weighted by Crippen LogP contribution is -2.44. The van der Waals surface area contributed by atoms with Crippen molar-refractivity contribution in [2.24, 2.45) is 0 Å². The topological polar surface area (TPSA) is 46.7 Å². The van der Waals surface area contributed by atoms with E-state index in [9.17, 15) is 9.59 Å². The van der Waals surface area contributed by atoms with Gasteiger partial charge < -0.3 is 4.90 Å². The van der Waals surface area contributed by atoms with Gasteiger partial charge in [-0.25, -0.2) is 0 Å². The van der Waals surface area contributed by atoms with Crippen LogP contribution >= 0.6 is 46.8 Å². The molecule has 1 saturated heterocycles. The Labute approximate surface area is 209 Å². The predicted molar refractivity (Wildman–Crippen MR) is 138 cm³/mol. The van der Waals surface area contributed by atoms with Gasteiger partial charge in [0.05, 0.1) is 20.8 Å². The second-order valence-corrected chi connectivity index (χ2v) is 10.8. The molecule has 0 spiro atoms. The first kappa shape index (κ1) is 22.6. The van der Waals surface area contributed by atoms with E-state index in [1.165, 1.54) is 11.3 Å². The number of halogens is 2. The number of para-hydroxylation sites is 1. The lowest BCUT2D eigenvalue weighted by atomic mass is 10.0. The van der Waals surface area contributed by atoms with Crippen molar-refractivity contribution in [1.82, 2.24) is 13.9 Å². The zero-order chi connectivity index (χ0) is 23.3. The second kappa shape index (κ2) is 8.87. The van der Waals surface area contributed by atoms with E-state index in [0.29, 0.717) is 37.1 Å². The highest BCUT2D eigenvalue weighted by Gasteiger charge is 2.26. The number of hydrogen-bond donors (Lipinski definition) is 0. The van der Waals surface area contributed by atoms with Crippen molar-refractivity contribution in [1.29, 1.82) is 0 Å². The van der Waals surface area contributed by atoms with Crippen LogP contribution in [0.2, 0.25) is 10.0 Å². The van der Waals surface area contributed by atoms with Crippen LogP contribution in [0.5, 0.6) is 0 Å². The lowest BCUT2D eigenvalue weighted by molar-refractivity contribution is -0.135. The molecular formula is C24H21Cl2N3O2S2. The molecule has 0 aliphatic carbocycles. The molecule has 2 aromatic heterocycles. The Kier molecular flexibility index (Phi) is 6.07. The van der Waals surface area contributed by atoms with Gasteiger partial charge in [0.15, 0.2) is 3.95 Å². The smallest absolute Gasteiger partial charge is 0.262 e. The van der Waals surface area contributed by atoms with Crippen molar-refractivity contribution < 1.29 is 4.79 Å². The SMILES string of the molecule is CC1CCCCN1C(=O)Cn1c(=O)c2ccccc2n2c(=S)sc(-c3ccc(Cl)cc3Cl)c12. The van der Waals surface area contributed by atoms with Crippen LogP contribution in [0, 0.1) is 3.95 Å². The van der Waals surface area contributed by atoms with E-state index in [1.54, 1.807) is 22.8 Å². The Morgan fingerprint density at radius 3 is 2.73 bits per heavy atom. The number of piperidine rings is 1. The molecule has 2 aromatic carbocycles. The molecule has 33 heavy (non-hydrogen) atoms. The van der Waals surface area contributed by atoms with Crippen LogP contribution < -0.4 is 5.56 Å². The minimum absolute atomic E-state index is 0.0543. The molecule has 1 aliphatic heterocycles. The number of nitrogens with zero attached hydrogens (tertiary/aromatic N) is 3. The van der Waals surface area contributed by atoms with Crippen LogP contribution in [0.25, 0.3) is 27.0 Å². The highest BCUT2D eigenvalue weighted by Crippen LogP contribution is 2.38. The lowest BCUT2D eigenvalue weighted by Gasteiger charge is -2.33. The minimum Gasteiger partial charge on any atom is -0.338 e. The summed E-state index contributed by atoms with van der Waals surface area (Å²) in [6.07, 6.45) is 3.07. The van der Waals surface area contributed by atoms with Gasteiger partial charge in [-0.05, 0) is 62.7 Å². The molecular weight excluding hydrogens is 497 g/mol. The summed E-state index contributed by atoms with van der Waals surface area (Å²) in [5.74, 6) is -0.0632. The third kappa shape index (κ3) is 3.91. The zero-order valence-corrected chi connectivity index (χ0v) is 21.0. The molecule has 1 aliphatic rings. The number of aromatic nitrogens is 2. The molecule has 0 bridgehead atoms. The van der Waals surface area contributed by atoms with Gasteiger partial charge in [-0.3, -0.25) is 18.6 Å². The molecule has 0 N–H and O–H groups in total. The molecule has 1 atom stereocenters. The predicted octanol–water partition coefficient (Wildman–Crippen LogP) is 6.42. The molecule has 4 aromatic rings. The van der Waals surface area contributed by atoms with E-state index in [1.807, 2.05) is 33.6 Å². The van der Waals surface area contributed by atoms with E-state index in [2.05, 4.69) is 6.92 Å². The molecule has 0 radical (unpaired) electrons. The maximum absolute atomic E-state index is 13.7. The molecule has 0 saturated carbocycles. The molecule has 1 fully saturated rings. The number of fused-ring (bicyclic) bond motifs is 3. The number of benzene rings is 2. The third-order valence-electron chi connectivity index (χ3n) is 6.26. The quantitative estimate of drug-likeness (QED) is 0.294. The molecule has 9 heteroatoms. The molecule has 5 nitrogen and oxygen atoms in total. The van der Waals surface area contributed by atoms with Crippen molar-refractivity contribution in [3.05, 3.63) is 66.8 Å². The Morgan fingerprint density at radius 2 is 1.97 bits per heavy atom. The van der Waals surface area contributed by atoms with Gasteiger partial charge in [0, 0.05) is 23.2 Å². The van der Waals surface area contributed by atoms with E-state index in [4.69, 9.17) is 35.4 Å². The number of likely N-dealkylation sites (tertiary alicyclic amines) is 1. The van der Waals surface area contributed by atoms with Crippen molar-refractivity contribution in [3.63, 3.8) is 0 Å². The van der Waals surface area contributed by atoms with E-state index >= 15 is 0 Å². The molecule has 170 valence electrons. The van der Waals surface area contributed by atoms with Crippen LogP contribution in [0.4, 0.5) is 0 Å². The summed E-state index contributed by atoms with van der Waals surface area (Å²) in [5.41, 5.74) is 1.80. The zero-order valence-electron chi connectivity index (χ0n) is 17.9. The average Bonchev–Trinajstić information content (AvgIpc) is 3.13. The summed E-state index contributed by atoms with van der Waals surface area (Å²) in [7, 11) is 0. The molecule has 5 rings (SSSR count). The number of carbonyl (C=O) groups excluding carboxylic acids is 1. The maximum atomic E-state index is 13.7. The van der Waals surface area contributed by atoms with E-state index in [0.717, 1.165) is 29.7 Å². The van der Waals surface area contributed by atoms with E-state index < -0.39 is 0 Å². The number of amides is 1. The number of thiazole rings is 1. The standard InChI is InChI=1S/C24H21Cl2N3O2S2/c1-14-6-4-5-11-27(14)20(30)13-28-22-21(16-10-9-15(25)12-18(16)26)33-24(32)29(22)19-8-3-2-7-17(19)23(28)31/h2-3,7-10,12,14H,4-6,11,13H2,1H3. The van der Waals surface area contributed by atoms with Gasteiger partial charge in [0.1, 0.15) is 12.2 Å². The monoisotopic (exact) mass is 517 g/mol. The summed E-state index contributed by atoms with van der Waals surface area (Å²) >= 11 is 19.8.